The second kappa shape index (κ2) is 10.2. The van der Waals surface area contributed by atoms with Gasteiger partial charge in [0.25, 0.3) is 11.7 Å². The molecule has 2 heterocycles. The highest BCUT2D eigenvalue weighted by molar-refractivity contribution is 6.46. The van der Waals surface area contributed by atoms with Crippen molar-refractivity contribution in [3.05, 3.63) is 94.6 Å². The molecule has 3 aromatic carbocycles. The molecule has 0 aliphatic carbocycles. The molecule has 7 nitrogen and oxygen atoms in total. The van der Waals surface area contributed by atoms with Crippen LogP contribution in [-0.2, 0) is 22.6 Å². The van der Waals surface area contributed by atoms with Gasteiger partial charge in [-0.15, -0.1) is 0 Å². The number of fused-ring (bicyclic) bond motifs is 1. The number of aromatic hydroxyl groups is 1. The number of benzene rings is 3. The zero-order chi connectivity index (χ0) is 27.0. The van der Waals surface area contributed by atoms with Crippen LogP contribution >= 0.6 is 0 Å². The molecule has 2 aliphatic heterocycles. The number of hydrogen-bond acceptors (Lipinski definition) is 6. The Hall–Kier alpha value is -4.26. The molecule has 2 aliphatic rings. The molecule has 2 unspecified atom stereocenters. The highest BCUT2D eigenvalue weighted by atomic mass is 16.5. The van der Waals surface area contributed by atoms with E-state index in [1.54, 1.807) is 24.3 Å². The van der Waals surface area contributed by atoms with Gasteiger partial charge in [0, 0.05) is 18.5 Å². The summed E-state index contributed by atoms with van der Waals surface area (Å²) in [4.78, 5) is 28.1. The van der Waals surface area contributed by atoms with Gasteiger partial charge in [0.1, 0.15) is 29.1 Å². The fourth-order valence-electron chi connectivity index (χ4n) is 4.92. The smallest absolute Gasteiger partial charge is 0.295 e. The van der Waals surface area contributed by atoms with Crippen LogP contribution in [0.4, 0.5) is 0 Å². The van der Waals surface area contributed by atoms with Crippen molar-refractivity contribution >= 4 is 17.4 Å². The molecule has 1 fully saturated rings. The average Bonchev–Trinajstić information content (AvgIpc) is 3.39. The molecule has 2 atom stereocenters. The molecule has 1 saturated heterocycles. The quantitative estimate of drug-likeness (QED) is 0.250. The number of Topliss-reactive ketones (excluding diaryl/α,β-unsaturated/α-hetero) is 1. The standard InChI is InChI=1S/C31H31NO6/c1-18(2)17-37-25-11-4-20(5-12-25)16-32-28(21-6-9-24(33)10-7-21)27(30(35)31(32)36)29(34)22-8-13-26-23(15-22)14-19(3)38-26/h4-13,15,18-19,28,33-34H,14,16-17H2,1-3H3/b29-27-. The first kappa shape index (κ1) is 25.4. The Morgan fingerprint density at radius 1 is 1.05 bits per heavy atom. The Kier molecular flexibility index (Phi) is 6.85. The molecule has 5 rings (SSSR count). The van der Waals surface area contributed by atoms with Crippen molar-refractivity contribution in [2.45, 2.75) is 45.9 Å². The third kappa shape index (κ3) is 4.96. The maximum Gasteiger partial charge on any atom is 0.295 e. The van der Waals surface area contributed by atoms with E-state index in [4.69, 9.17) is 9.47 Å². The molecule has 0 spiro atoms. The first-order chi connectivity index (χ1) is 18.2. The van der Waals surface area contributed by atoms with Crippen LogP contribution in [0.15, 0.2) is 72.3 Å². The molecule has 7 heteroatoms. The Bertz CT molecular complexity index is 1390. The van der Waals surface area contributed by atoms with Gasteiger partial charge in [-0.2, -0.15) is 0 Å². The molecule has 2 N–H and O–H groups in total. The van der Waals surface area contributed by atoms with Crippen LogP contribution in [0, 0.1) is 5.92 Å². The number of amides is 1. The number of hydrogen-bond donors (Lipinski definition) is 2. The van der Waals surface area contributed by atoms with Crippen LogP contribution in [0.1, 0.15) is 49.1 Å². The second-order valence-corrected chi connectivity index (χ2v) is 10.3. The third-order valence-corrected chi connectivity index (χ3v) is 6.78. The van der Waals surface area contributed by atoms with Gasteiger partial charge >= 0.3 is 0 Å². The van der Waals surface area contributed by atoms with Gasteiger partial charge in [-0.1, -0.05) is 38.1 Å². The van der Waals surface area contributed by atoms with Crippen molar-refractivity contribution in [1.29, 1.82) is 0 Å². The number of carbonyl (C=O) groups excluding carboxylic acids is 2. The Labute approximate surface area is 221 Å². The van der Waals surface area contributed by atoms with E-state index in [1.807, 2.05) is 37.3 Å². The number of phenolic OH excluding ortho intramolecular Hbond substituents is 1. The van der Waals surface area contributed by atoms with Gasteiger partial charge in [0.05, 0.1) is 18.2 Å². The molecule has 0 bridgehead atoms. The van der Waals surface area contributed by atoms with Gasteiger partial charge in [-0.3, -0.25) is 9.59 Å². The molecule has 0 aromatic heterocycles. The van der Waals surface area contributed by atoms with E-state index >= 15 is 0 Å². The van der Waals surface area contributed by atoms with Gasteiger partial charge < -0.3 is 24.6 Å². The first-order valence-electron chi connectivity index (χ1n) is 12.8. The molecule has 3 aromatic rings. The highest BCUT2D eigenvalue weighted by Crippen LogP contribution is 2.41. The lowest BCUT2D eigenvalue weighted by molar-refractivity contribution is -0.140. The number of nitrogens with zero attached hydrogens (tertiary/aromatic N) is 1. The van der Waals surface area contributed by atoms with Crippen molar-refractivity contribution in [2.75, 3.05) is 6.61 Å². The van der Waals surface area contributed by atoms with E-state index in [0.717, 1.165) is 22.6 Å². The van der Waals surface area contributed by atoms with Gasteiger partial charge in [0.15, 0.2) is 0 Å². The van der Waals surface area contributed by atoms with Crippen LogP contribution < -0.4 is 9.47 Å². The number of likely N-dealkylation sites (tertiary alicyclic amines) is 1. The lowest BCUT2D eigenvalue weighted by Gasteiger charge is -2.25. The van der Waals surface area contributed by atoms with E-state index < -0.39 is 17.7 Å². The molecule has 1 amide bonds. The Balaban J connectivity index is 1.52. The lowest BCUT2D eigenvalue weighted by atomic mass is 9.94. The minimum Gasteiger partial charge on any atom is -0.508 e. The van der Waals surface area contributed by atoms with Gasteiger partial charge in [0.2, 0.25) is 0 Å². The Morgan fingerprint density at radius 2 is 1.76 bits per heavy atom. The zero-order valence-corrected chi connectivity index (χ0v) is 21.7. The molecule has 0 radical (unpaired) electrons. The van der Waals surface area contributed by atoms with Crippen LogP contribution in [-0.4, -0.2) is 39.5 Å². The van der Waals surface area contributed by atoms with E-state index in [1.165, 1.54) is 17.0 Å². The number of ketones is 1. The summed E-state index contributed by atoms with van der Waals surface area (Å²) in [6.45, 7) is 6.88. The van der Waals surface area contributed by atoms with Crippen LogP contribution in [0.3, 0.4) is 0 Å². The summed E-state index contributed by atoms with van der Waals surface area (Å²) in [6.07, 6.45) is 0.732. The number of ether oxygens (including phenoxy) is 2. The van der Waals surface area contributed by atoms with E-state index in [2.05, 4.69) is 13.8 Å². The largest absolute Gasteiger partial charge is 0.508 e. The SMILES string of the molecule is CC(C)COc1ccc(CN2C(=O)C(=O)/C(=C(\O)c3ccc4c(c3)CC(C)O4)C2c2ccc(O)cc2)cc1. The van der Waals surface area contributed by atoms with E-state index in [-0.39, 0.29) is 29.7 Å². The third-order valence-electron chi connectivity index (χ3n) is 6.78. The maximum absolute atomic E-state index is 13.4. The molecule has 196 valence electrons. The number of phenols is 1. The first-order valence-corrected chi connectivity index (χ1v) is 12.8. The predicted octanol–water partition coefficient (Wildman–Crippen LogP) is 5.37. The summed E-state index contributed by atoms with van der Waals surface area (Å²) in [5.74, 6) is 0.276. The van der Waals surface area contributed by atoms with Crippen molar-refractivity contribution in [2.24, 2.45) is 5.92 Å². The van der Waals surface area contributed by atoms with Crippen LogP contribution in [0.5, 0.6) is 17.2 Å². The molecule has 0 saturated carbocycles. The lowest BCUT2D eigenvalue weighted by Crippen LogP contribution is -2.29. The predicted molar refractivity (Wildman–Crippen MR) is 143 cm³/mol. The van der Waals surface area contributed by atoms with Crippen molar-refractivity contribution in [3.63, 3.8) is 0 Å². The fourth-order valence-corrected chi connectivity index (χ4v) is 4.92. The summed E-state index contributed by atoms with van der Waals surface area (Å²) in [5, 5.41) is 21.2. The number of carbonyl (C=O) groups is 2. The van der Waals surface area contributed by atoms with Crippen LogP contribution in [0.2, 0.25) is 0 Å². The highest BCUT2D eigenvalue weighted by Gasteiger charge is 2.46. The normalized spacial score (nSPS) is 20.1. The number of aliphatic hydroxyl groups is 1. The van der Waals surface area contributed by atoms with Crippen molar-refractivity contribution in [1.82, 2.24) is 4.90 Å². The van der Waals surface area contributed by atoms with Gasteiger partial charge in [-0.25, -0.2) is 0 Å². The summed E-state index contributed by atoms with van der Waals surface area (Å²) in [6, 6.07) is 18.2. The maximum atomic E-state index is 13.4. The minimum atomic E-state index is -0.823. The van der Waals surface area contributed by atoms with E-state index in [0.29, 0.717) is 30.1 Å². The van der Waals surface area contributed by atoms with Crippen molar-refractivity contribution < 1.29 is 29.3 Å². The van der Waals surface area contributed by atoms with E-state index in [9.17, 15) is 19.8 Å². The summed E-state index contributed by atoms with van der Waals surface area (Å²) in [5.41, 5.74) is 2.84. The monoisotopic (exact) mass is 513 g/mol. The molecular weight excluding hydrogens is 482 g/mol. The summed E-state index contributed by atoms with van der Waals surface area (Å²) < 4.78 is 11.5. The molecular formula is C31H31NO6. The average molecular weight is 514 g/mol. The van der Waals surface area contributed by atoms with Crippen molar-refractivity contribution in [3.8, 4) is 17.2 Å². The summed E-state index contributed by atoms with van der Waals surface area (Å²) in [7, 11) is 0. The Morgan fingerprint density at radius 3 is 2.45 bits per heavy atom. The molecule has 38 heavy (non-hydrogen) atoms. The zero-order valence-electron chi connectivity index (χ0n) is 21.7. The number of aliphatic hydroxyl groups excluding tert-OH is 1. The second-order valence-electron chi connectivity index (χ2n) is 10.3. The van der Waals surface area contributed by atoms with Crippen LogP contribution in [0.25, 0.3) is 5.76 Å². The topological polar surface area (TPSA) is 96.3 Å². The summed E-state index contributed by atoms with van der Waals surface area (Å²) >= 11 is 0. The fraction of sp³-hybridized carbons (Fsp3) is 0.290. The van der Waals surface area contributed by atoms with Gasteiger partial charge in [-0.05, 0) is 72.0 Å². The number of rotatable bonds is 7. The minimum absolute atomic E-state index is 0.0180.